The standard InChI is InChI=1S/C15H22N4OS/c1-5-13(16)14(11-7-6-8-12(9-11)20-4)21-15-18-17-10(2)19(15)3/h6-9,13-14H,5,16H2,1-4H3. The summed E-state index contributed by atoms with van der Waals surface area (Å²) in [6, 6.07) is 8.09. The van der Waals surface area contributed by atoms with Gasteiger partial charge in [-0.1, -0.05) is 30.8 Å². The number of nitrogens with zero attached hydrogens (tertiary/aromatic N) is 3. The Kier molecular flexibility index (Phi) is 5.25. The maximum atomic E-state index is 6.33. The van der Waals surface area contributed by atoms with Crippen LogP contribution in [0.25, 0.3) is 0 Å². The van der Waals surface area contributed by atoms with Gasteiger partial charge in [-0.3, -0.25) is 0 Å². The molecule has 0 amide bonds. The molecule has 114 valence electrons. The van der Waals surface area contributed by atoms with Crippen LogP contribution in [0.5, 0.6) is 5.75 Å². The van der Waals surface area contributed by atoms with Crippen molar-refractivity contribution in [1.82, 2.24) is 14.8 Å². The van der Waals surface area contributed by atoms with Crippen LogP contribution in [0.1, 0.15) is 30.0 Å². The molecule has 21 heavy (non-hydrogen) atoms. The van der Waals surface area contributed by atoms with Crippen molar-refractivity contribution in [2.24, 2.45) is 12.8 Å². The van der Waals surface area contributed by atoms with Gasteiger partial charge in [0, 0.05) is 13.1 Å². The minimum Gasteiger partial charge on any atom is -0.497 e. The van der Waals surface area contributed by atoms with E-state index in [1.165, 1.54) is 0 Å². The Balaban J connectivity index is 2.32. The first-order valence-corrected chi connectivity index (χ1v) is 7.87. The van der Waals surface area contributed by atoms with E-state index in [2.05, 4.69) is 23.2 Å². The summed E-state index contributed by atoms with van der Waals surface area (Å²) in [5.41, 5.74) is 7.47. The average molecular weight is 306 g/mol. The Morgan fingerprint density at radius 1 is 1.38 bits per heavy atom. The van der Waals surface area contributed by atoms with Gasteiger partial charge >= 0.3 is 0 Å². The number of hydrogen-bond acceptors (Lipinski definition) is 5. The highest BCUT2D eigenvalue weighted by atomic mass is 32.2. The maximum absolute atomic E-state index is 6.33. The third kappa shape index (κ3) is 3.57. The van der Waals surface area contributed by atoms with Gasteiger partial charge in [-0.25, -0.2) is 0 Å². The molecule has 2 N–H and O–H groups in total. The Hall–Kier alpha value is -1.53. The Morgan fingerprint density at radius 2 is 2.14 bits per heavy atom. The Labute approximate surface area is 129 Å². The lowest BCUT2D eigenvalue weighted by Crippen LogP contribution is -2.26. The van der Waals surface area contributed by atoms with E-state index in [0.29, 0.717) is 0 Å². The van der Waals surface area contributed by atoms with Crippen molar-refractivity contribution < 1.29 is 4.74 Å². The number of thioether (sulfide) groups is 1. The lowest BCUT2D eigenvalue weighted by molar-refractivity contribution is 0.414. The van der Waals surface area contributed by atoms with Crippen LogP contribution in [0.3, 0.4) is 0 Å². The molecular formula is C15H22N4OS. The lowest BCUT2D eigenvalue weighted by Gasteiger charge is -2.22. The second kappa shape index (κ2) is 6.95. The molecule has 0 aliphatic carbocycles. The second-order valence-corrected chi connectivity index (χ2v) is 6.08. The summed E-state index contributed by atoms with van der Waals surface area (Å²) in [5, 5.41) is 9.33. The first-order valence-electron chi connectivity index (χ1n) is 6.99. The molecule has 0 spiro atoms. The van der Waals surface area contributed by atoms with Crippen molar-refractivity contribution in [3.8, 4) is 5.75 Å². The Bertz CT molecular complexity index is 599. The van der Waals surface area contributed by atoms with Gasteiger partial charge in [0.25, 0.3) is 0 Å². The number of aromatic nitrogens is 3. The molecule has 0 saturated carbocycles. The third-order valence-electron chi connectivity index (χ3n) is 3.57. The van der Waals surface area contributed by atoms with Gasteiger partial charge in [0.05, 0.1) is 12.4 Å². The van der Waals surface area contributed by atoms with Gasteiger partial charge in [-0.2, -0.15) is 0 Å². The molecule has 2 aromatic rings. The van der Waals surface area contributed by atoms with Gasteiger partial charge in [0.1, 0.15) is 11.6 Å². The van der Waals surface area contributed by atoms with Crippen molar-refractivity contribution in [2.45, 2.75) is 36.7 Å². The van der Waals surface area contributed by atoms with Gasteiger partial charge in [0.15, 0.2) is 5.16 Å². The molecule has 2 rings (SSSR count). The van der Waals surface area contributed by atoms with E-state index in [1.807, 2.05) is 36.7 Å². The van der Waals surface area contributed by atoms with Crippen LogP contribution in [-0.2, 0) is 7.05 Å². The topological polar surface area (TPSA) is 66.0 Å². The van der Waals surface area contributed by atoms with Gasteiger partial charge in [-0.15, -0.1) is 10.2 Å². The highest BCUT2D eigenvalue weighted by molar-refractivity contribution is 7.99. The second-order valence-electron chi connectivity index (χ2n) is 4.98. The Morgan fingerprint density at radius 3 is 2.71 bits per heavy atom. The highest BCUT2D eigenvalue weighted by Gasteiger charge is 2.23. The van der Waals surface area contributed by atoms with Gasteiger partial charge in [0.2, 0.25) is 0 Å². The summed E-state index contributed by atoms with van der Waals surface area (Å²) in [6.45, 7) is 4.04. The van der Waals surface area contributed by atoms with Gasteiger partial charge in [-0.05, 0) is 31.0 Å². The molecule has 6 heteroatoms. The number of aryl methyl sites for hydroxylation is 1. The van der Waals surface area contributed by atoms with E-state index in [1.54, 1.807) is 18.9 Å². The SMILES string of the molecule is CCC(N)C(Sc1nnc(C)n1C)c1cccc(OC)c1. The first-order chi connectivity index (χ1) is 10.1. The largest absolute Gasteiger partial charge is 0.497 e. The van der Waals surface area contributed by atoms with Crippen LogP contribution in [-0.4, -0.2) is 27.9 Å². The van der Waals surface area contributed by atoms with Crippen LogP contribution >= 0.6 is 11.8 Å². The molecule has 1 aromatic carbocycles. The van der Waals surface area contributed by atoms with Crippen LogP contribution < -0.4 is 10.5 Å². The predicted octanol–water partition coefficient (Wildman–Crippen LogP) is 2.70. The summed E-state index contributed by atoms with van der Waals surface area (Å²) < 4.78 is 7.30. The molecule has 5 nitrogen and oxygen atoms in total. The molecule has 0 bridgehead atoms. The minimum atomic E-state index is 0.0408. The molecule has 2 unspecified atom stereocenters. The third-order valence-corrected chi connectivity index (χ3v) is 5.01. The van der Waals surface area contributed by atoms with Crippen molar-refractivity contribution in [1.29, 1.82) is 0 Å². The van der Waals surface area contributed by atoms with Crippen LogP contribution in [0.2, 0.25) is 0 Å². The van der Waals surface area contributed by atoms with E-state index in [0.717, 1.165) is 28.7 Å². The summed E-state index contributed by atoms with van der Waals surface area (Å²) in [4.78, 5) is 0. The van der Waals surface area contributed by atoms with E-state index in [4.69, 9.17) is 10.5 Å². The number of methoxy groups -OCH3 is 1. The molecule has 0 radical (unpaired) electrons. The maximum Gasteiger partial charge on any atom is 0.191 e. The molecule has 0 aliphatic rings. The summed E-state index contributed by atoms with van der Waals surface area (Å²) >= 11 is 1.65. The lowest BCUT2D eigenvalue weighted by atomic mass is 10.0. The number of nitrogens with two attached hydrogens (primary N) is 1. The molecule has 0 saturated heterocycles. The number of benzene rings is 1. The quantitative estimate of drug-likeness (QED) is 0.831. The van der Waals surface area contributed by atoms with Crippen LogP contribution in [0.4, 0.5) is 0 Å². The number of hydrogen-bond donors (Lipinski definition) is 1. The highest BCUT2D eigenvalue weighted by Crippen LogP contribution is 2.38. The molecule has 0 fully saturated rings. The normalized spacial score (nSPS) is 14.0. The molecular weight excluding hydrogens is 284 g/mol. The molecule has 2 atom stereocenters. The summed E-state index contributed by atoms with van der Waals surface area (Å²) in [7, 11) is 3.64. The molecule has 1 aromatic heterocycles. The summed E-state index contributed by atoms with van der Waals surface area (Å²) in [5.74, 6) is 1.74. The number of rotatable bonds is 6. The van der Waals surface area contributed by atoms with E-state index in [-0.39, 0.29) is 11.3 Å². The summed E-state index contributed by atoms with van der Waals surface area (Å²) in [6.07, 6.45) is 0.895. The predicted molar refractivity (Wildman–Crippen MR) is 85.6 cm³/mol. The van der Waals surface area contributed by atoms with E-state index >= 15 is 0 Å². The number of ether oxygens (including phenoxy) is 1. The molecule has 1 heterocycles. The monoisotopic (exact) mass is 306 g/mol. The zero-order chi connectivity index (χ0) is 15.4. The first kappa shape index (κ1) is 15.9. The van der Waals surface area contributed by atoms with E-state index < -0.39 is 0 Å². The minimum absolute atomic E-state index is 0.0408. The fourth-order valence-corrected chi connectivity index (χ4v) is 3.29. The fourth-order valence-electron chi connectivity index (χ4n) is 2.04. The van der Waals surface area contributed by atoms with Crippen molar-refractivity contribution in [3.63, 3.8) is 0 Å². The van der Waals surface area contributed by atoms with E-state index in [9.17, 15) is 0 Å². The fraction of sp³-hybridized carbons (Fsp3) is 0.467. The smallest absolute Gasteiger partial charge is 0.191 e. The molecule has 0 aliphatic heterocycles. The van der Waals surface area contributed by atoms with Crippen molar-refractivity contribution in [3.05, 3.63) is 35.7 Å². The average Bonchev–Trinajstić information content (AvgIpc) is 2.83. The zero-order valence-electron chi connectivity index (χ0n) is 12.9. The van der Waals surface area contributed by atoms with Gasteiger partial charge < -0.3 is 15.0 Å². The van der Waals surface area contributed by atoms with Crippen molar-refractivity contribution in [2.75, 3.05) is 7.11 Å². The van der Waals surface area contributed by atoms with Crippen LogP contribution in [0.15, 0.2) is 29.4 Å². The zero-order valence-corrected chi connectivity index (χ0v) is 13.7. The van der Waals surface area contributed by atoms with Crippen molar-refractivity contribution >= 4 is 11.8 Å². The van der Waals surface area contributed by atoms with Crippen LogP contribution in [0, 0.1) is 6.92 Å².